The van der Waals surface area contributed by atoms with Crippen LogP contribution in [0, 0.1) is 19.7 Å². The van der Waals surface area contributed by atoms with E-state index in [9.17, 15) is 9.18 Å². The number of carbonyl (C=O) groups is 1. The molecule has 2 aromatic rings. The second-order valence-corrected chi connectivity index (χ2v) is 4.48. The molecule has 0 N–H and O–H groups in total. The maximum atomic E-state index is 13.1. The largest absolute Gasteiger partial charge is 0.294 e. The summed E-state index contributed by atoms with van der Waals surface area (Å²) in [6.45, 7) is 3.97. The summed E-state index contributed by atoms with van der Waals surface area (Å²) in [6.07, 6.45) is 0.321. The molecule has 0 bridgehead atoms. The summed E-state index contributed by atoms with van der Waals surface area (Å²) in [7, 11) is 0. The maximum absolute atomic E-state index is 13.1. The highest BCUT2D eigenvalue weighted by molar-refractivity contribution is 5.97. The van der Waals surface area contributed by atoms with Gasteiger partial charge < -0.3 is 0 Å². The molecule has 2 rings (SSSR count). The normalized spacial score (nSPS) is 10.4. The molecule has 0 aliphatic heterocycles. The molecule has 0 aromatic heterocycles. The van der Waals surface area contributed by atoms with Crippen LogP contribution in [0.4, 0.5) is 4.39 Å². The van der Waals surface area contributed by atoms with Crippen LogP contribution in [0.2, 0.25) is 0 Å². The standard InChI is InChI=1S/C16H15FO/c1-11-5-3-6-12(2)15(11)10-16(18)13-7-4-8-14(17)9-13/h3-9H,10H2,1-2H3. The first-order chi connectivity index (χ1) is 8.58. The number of ketones is 1. The van der Waals surface area contributed by atoms with Gasteiger partial charge in [0.25, 0.3) is 0 Å². The van der Waals surface area contributed by atoms with Crippen LogP contribution in [0.25, 0.3) is 0 Å². The van der Waals surface area contributed by atoms with E-state index in [1.165, 1.54) is 12.1 Å². The van der Waals surface area contributed by atoms with Crippen LogP contribution in [-0.2, 0) is 6.42 Å². The quantitative estimate of drug-likeness (QED) is 0.747. The molecule has 0 radical (unpaired) electrons. The van der Waals surface area contributed by atoms with Gasteiger partial charge >= 0.3 is 0 Å². The van der Waals surface area contributed by atoms with Crippen molar-refractivity contribution in [1.82, 2.24) is 0 Å². The molecule has 18 heavy (non-hydrogen) atoms. The maximum Gasteiger partial charge on any atom is 0.167 e. The monoisotopic (exact) mass is 242 g/mol. The molecule has 0 fully saturated rings. The van der Waals surface area contributed by atoms with Crippen molar-refractivity contribution < 1.29 is 9.18 Å². The molecule has 1 nitrogen and oxygen atoms in total. The van der Waals surface area contributed by atoms with E-state index in [1.54, 1.807) is 12.1 Å². The molecule has 0 aliphatic rings. The first-order valence-electron chi connectivity index (χ1n) is 5.92. The average Bonchev–Trinajstić information content (AvgIpc) is 2.34. The Morgan fingerprint density at radius 2 is 1.67 bits per heavy atom. The fourth-order valence-corrected chi connectivity index (χ4v) is 2.05. The number of aryl methyl sites for hydroxylation is 2. The van der Waals surface area contributed by atoms with Crippen LogP contribution in [0.5, 0.6) is 0 Å². The molecule has 2 aromatic carbocycles. The number of halogens is 1. The Hall–Kier alpha value is -1.96. The summed E-state index contributed by atoms with van der Waals surface area (Å²) in [4.78, 5) is 12.1. The van der Waals surface area contributed by atoms with Gasteiger partial charge in [-0.3, -0.25) is 4.79 Å². The Morgan fingerprint density at radius 3 is 2.28 bits per heavy atom. The Labute approximate surface area is 106 Å². The van der Waals surface area contributed by atoms with Crippen molar-refractivity contribution in [3.63, 3.8) is 0 Å². The van der Waals surface area contributed by atoms with Gasteiger partial charge in [0.1, 0.15) is 5.82 Å². The molecule has 2 heteroatoms. The van der Waals surface area contributed by atoms with Gasteiger partial charge in [0, 0.05) is 12.0 Å². The van der Waals surface area contributed by atoms with Crippen LogP contribution in [0.3, 0.4) is 0 Å². The van der Waals surface area contributed by atoms with Crippen LogP contribution in [-0.4, -0.2) is 5.78 Å². The fourth-order valence-electron chi connectivity index (χ4n) is 2.05. The van der Waals surface area contributed by atoms with Gasteiger partial charge in [0.15, 0.2) is 5.78 Å². The average molecular weight is 242 g/mol. The third-order valence-electron chi connectivity index (χ3n) is 3.13. The number of hydrogen-bond acceptors (Lipinski definition) is 1. The zero-order valence-corrected chi connectivity index (χ0v) is 10.5. The van der Waals surface area contributed by atoms with Gasteiger partial charge in [-0.2, -0.15) is 0 Å². The second kappa shape index (κ2) is 5.13. The first kappa shape index (κ1) is 12.5. The Kier molecular flexibility index (Phi) is 3.56. The smallest absolute Gasteiger partial charge is 0.167 e. The highest BCUT2D eigenvalue weighted by atomic mass is 19.1. The van der Waals surface area contributed by atoms with E-state index in [0.29, 0.717) is 12.0 Å². The molecule has 0 heterocycles. The number of Topliss-reactive ketones (excluding diaryl/α,β-unsaturated/α-hetero) is 1. The van der Waals surface area contributed by atoms with E-state index in [1.807, 2.05) is 32.0 Å². The van der Waals surface area contributed by atoms with Gasteiger partial charge in [-0.15, -0.1) is 0 Å². The first-order valence-corrected chi connectivity index (χ1v) is 5.92. The topological polar surface area (TPSA) is 17.1 Å². The molecular weight excluding hydrogens is 227 g/mol. The lowest BCUT2D eigenvalue weighted by Gasteiger charge is -2.08. The van der Waals surface area contributed by atoms with Crippen molar-refractivity contribution in [2.75, 3.05) is 0 Å². The van der Waals surface area contributed by atoms with E-state index < -0.39 is 0 Å². The Morgan fingerprint density at radius 1 is 1.06 bits per heavy atom. The lowest BCUT2D eigenvalue weighted by atomic mass is 9.95. The third kappa shape index (κ3) is 2.65. The molecule has 0 unspecified atom stereocenters. The molecule has 0 saturated carbocycles. The zero-order chi connectivity index (χ0) is 13.1. The van der Waals surface area contributed by atoms with E-state index in [-0.39, 0.29) is 11.6 Å². The van der Waals surface area contributed by atoms with Crippen molar-refractivity contribution in [2.24, 2.45) is 0 Å². The molecule has 0 spiro atoms. The van der Waals surface area contributed by atoms with Crippen molar-refractivity contribution in [3.05, 3.63) is 70.5 Å². The van der Waals surface area contributed by atoms with E-state index in [0.717, 1.165) is 16.7 Å². The molecule has 0 amide bonds. The van der Waals surface area contributed by atoms with E-state index in [4.69, 9.17) is 0 Å². The SMILES string of the molecule is Cc1cccc(C)c1CC(=O)c1cccc(F)c1. The van der Waals surface area contributed by atoms with Gasteiger partial charge in [-0.25, -0.2) is 4.39 Å². The van der Waals surface area contributed by atoms with Gasteiger partial charge in [-0.1, -0.05) is 30.3 Å². The van der Waals surface area contributed by atoms with Crippen molar-refractivity contribution in [1.29, 1.82) is 0 Å². The van der Waals surface area contributed by atoms with E-state index in [2.05, 4.69) is 0 Å². The molecular formula is C16H15FO. The summed E-state index contributed by atoms with van der Waals surface area (Å²) < 4.78 is 13.1. The number of rotatable bonds is 3. The number of carbonyl (C=O) groups excluding carboxylic acids is 1. The van der Waals surface area contributed by atoms with Crippen LogP contribution in [0.1, 0.15) is 27.0 Å². The fraction of sp³-hybridized carbons (Fsp3) is 0.188. The molecule has 92 valence electrons. The highest BCUT2D eigenvalue weighted by Gasteiger charge is 2.11. The minimum atomic E-state index is -0.373. The van der Waals surface area contributed by atoms with Crippen LogP contribution >= 0.6 is 0 Å². The van der Waals surface area contributed by atoms with Crippen molar-refractivity contribution in [3.8, 4) is 0 Å². The summed E-state index contributed by atoms with van der Waals surface area (Å²) in [5.41, 5.74) is 3.66. The predicted octanol–water partition coefficient (Wildman–Crippen LogP) is 3.87. The number of benzene rings is 2. The van der Waals surface area contributed by atoms with Crippen molar-refractivity contribution >= 4 is 5.78 Å². The summed E-state index contributed by atoms with van der Waals surface area (Å²) in [5, 5.41) is 0. The third-order valence-corrected chi connectivity index (χ3v) is 3.13. The molecule has 0 saturated heterocycles. The highest BCUT2D eigenvalue weighted by Crippen LogP contribution is 2.16. The van der Waals surface area contributed by atoms with Gasteiger partial charge in [0.05, 0.1) is 0 Å². The van der Waals surface area contributed by atoms with Crippen LogP contribution < -0.4 is 0 Å². The lowest BCUT2D eigenvalue weighted by Crippen LogP contribution is -2.06. The second-order valence-electron chi connectivity index (χ2n) is 4.48. The summed E-state index contributed by atoms with van der Waals surface area (Å²) >= 11 is 0. The minimum absolute atomic E-state index is 0.0492. The number of hydrogen-bond donors (Lipinski definition) is 0. The lowest BCUT2D eigenvalue weighted by molar-refractivity contribution is 0.0992. The van der Waals surface area contributed by atoms with Crippen LogP contribution in [0.15, 0.2) is 42.5 Å². The zero-order valence-electron chi connectivity index (χ0n) is 10.5. The predicted molar refractivity (Wildman–Crippen MR) is 70.4 cm³/mol. The van der Waals surface area contributed by atoms with Crippen molar-refractivity contribution in [2.45, 2.75) is 20.3 Å². The minimum Gasteiger partial charge on any atom is -0.294 e. The van der Waals surface area contributed by atoms with E-state index >= 15 is 0 Å². The summed E-state index contributed by atoms with van der Waals surface area (Å²) in [6, 6.07) is 11.8. The molecule has 0 aliphatic carbocycles. The summed E-state index contributed by atoms with van der Waals surface area (Å²) in [5.74, 6) is -0.422. The van der Waals surface area contributed by atoms with Gasteiger partial charge in [-0.05, 0) is 42.7 Å². The molecule has 0 atom stereocenters. The van der Waals surface area contributed by atoms with Gasteiger partial charge in [0.2, 0.25) is 0 Å². The Bertz CT molecular complexity index is 567. The Balaban J connectivity index is 2.27.